The molecule has 4 rings (SSSR count). The maximum atomic E-state index is 12.5. The van der Waals surface area contributed by atoms with Crippen molar-refractivity contribution >= 4 is 17.3 Å². The standard InChI is InChI=1S/C22H25N3O3/c1-15-19(7-4-8-20(15)25(27)28)23-22(26)13-14-24(17-10-11-17)21-12-9-16-5-2-3-6-18(16)21/h2-8,17,21H,9-14H2,1H3,(H,23,26). The summed E-state index contributed by atoms with van der Waals surface area (Å²) >= 11 is 0. The number of carbonyl (C=O) groups is 1. The summed E-state index contributed by atoms with van der Waals surface area (Å²) in [6, 6.07) is 14.4. The molecular weight excluding hydrogens is 354 g/mol. The Hall–Kier alpha value is -2.73. The SMILES string of the molecule is Cc1c(NC(=O)CCN(C2CC2)C2CCc3ccccc32)cccc1[N+](=O)[O-]. The first-order valence-electron chi connectivity index (χ1n) is 9.92. The number of nitrogens with one attached hydrogen (secondary N) is 1. The molecule has 6 nitrogen and oxygen atoms in total. The lowest BCUT2D eigenvalue weighted by Gasteiger charge is -2.29. The van der Waals surface area contributed by atoms with E-state index in [0.29, 0.717) is 36.3 Å². The number of nitro benzene ring substituents is 1. The number of nitro groups is 1. The highest BCUT2D eigenvalue weighted by Crippen LogP contribution is 2.41. The van der Waals surface area contributed by atoms with E-state index in [-0.39, 0.29) is 11.6 Å². The molecule has 1 fully saturated rings. The molecule has 0 bridgehead atoms. The van der Waals surface area contributed by atoms with Gasteiger partial charge in [-0.25, -0.2) is 0 Å². The van der Waals surface area contributed by atoms with Crippen molar-refractivity contribution < 1.29 is 9.72 Å². The van der Waals surface area contributed by atoms with Gasteiger partial charge in [-0.2, -0.15) is 0 Å². The third-order valence-corrected chi connectivity index (χ3v) is 5.89. The molecule has 1 N–H and O–H groups in total. The maximum absolute atomic E-state index is 12.5. The molecule has 2 aromatic carbocycles. The molecular formula is C22H25N3O3. The minimum Gasteiger partial charge on any atom is -0.326 e. The summed E-state index contributed by atoms with van der Waals surface area (Å²) in [7, 11) is 0. The molecule has 0 aliphatic heterocycles. The van der Waals surface area contributed by atoms with Crippen LogP contribution in [0.4, 0.5) is 11.4 Å². The second-order valence-corrected chi connectivity index (χ2v) is 7.73. The zero-order chi connectivity index (χ0) is 19.7. The summed E-state index contributed by atoms with van der Waals surface area (Å²) in [4.78, 5) is 25.7. The van der Waals surface area contributed by atoms with Crippen molar-refractivity contribution in [3.8, 4) is 0 Å². The molecule has 6 heteroatoms. The number of hydrogen-bond donors (Lipinski definition) is 1. The highest BCUT2D eigenvalue weighted by atomic mass is 16.6. The highest BCUT2D eigenvalue weighted by Gasteiger charge is 2.37. The summed E-state index contributed by atoms with van der Waals surface area (Å²) in [5.41, 5.74) is 3.87. The molecule has 0 spiro atoms. The largest absolute Gasteiger partial charge is 0.326 e. The molecule has 2 aromatic rings. The van der Waals surface area contributed by atoms with Crippen molar-refractivity contribution in [1.82, 2.24) is 4.90 Å². The fraction of sp³-hybridized carbons (Fsp3) is 0.409. The quantitative estimate of drug-likeness (QED) is 0.572. The Morgan fingerprint density at radius 1 is 1.18 bits per heavy atom. The van der Waals surface area contributed by atoms with Gasteiger partial charge in [0.15, 0.2) is 0 Å². The smallest absolute Gasteiger partial charge is 0.274 e. The van der Waals surface area contributed by atoms with Crippen LogP contribution in [0.5, 0.6) is 0 Å². The van der Waals surface area contributed by atoms with E-state index in [1.807, 2.05) is 0 Å². The van der Waals surface area contributed by atoms with Crippen molar-refractivity contribution in [2.75, 3.05) is 11.9 Å². The first-order chi connectivity index (χ1) is 13.5. The number of rotatable bonds is 7. The fourth-order valence-electron chi connectivity index (χ4n) is 4.28. The van der Waals surface area contributed by atoms with E-state index in [1.54, 1.807) is 19.1 Å². The molecule has 1 saturated carbocycles. The predicted octanol–water partition coefficient (Wildman–Crippen LogP) is 4.38. The van der Waals surface area contributed by atoms with Gasteiger partial charge in [0.1, 0.15) is 0 Å². The lowest BCUT2D eigenvalue weighted by molar-refractivity contribution is -0.385. The van der Waals surface area contributed by atoms with Gasteiger partial charge in [-0.3, -0.25) is 19.8 Å². The minimum absolute atomic E-state index is 0.0277. The average Bonchev–Trinajstić information content (AvgIpc) is 3.43. The second kappa shape index (κ2) is 7.72. The van der Waals surface area contributed by atoms with E-state index in [4.69, 9.17) is 0 Å². The zero-order valence-corrected chi connectivity index (χ0v) is 16.1. The van der Waals surface area contributed by atoms with Gasteiger partial charge in [-0.15, -0.1) is 0 Å². The highest BCUT2D eigenvalue weighted by molar-refractivity contribution is 5.92. The second-order valence-electron chi connectivity index (χ2n) is 7.73. The number of amides is 1. The molecule has 2 aliphatic rings. The normalized spacial score (nSPS) is 18.1. The Labute approximate surface area is 164 Å². The number of fused-ring (bicyclic) bond motifs is 1. The van der Waals surface area contributed by atoms with Crippen molar-refractivity contribution in [2.45, 2.75) is 51.1 Å². The molecule has 2 aliphatic carbocycles. The van der Waals surface area contributed by atoms with Gasteiger partial charge in [0, 0.05) is 31.1 Å². The van der Waals surface area contributed by atoms with Crippen LogP contribution < -0.4 is 5.32 Å². The number of benzene rings is 2. The average molecular weight is 379 g/mol. The summed E-state index contributed by atoms with van der Waals surface area (Å²) in [6.07, 6.45) is 5.00. The van der Waals surface area contributed by atoms with Crippen LogP contribution in [0.3, 0.4) is 0 Å². The lowest BCUT2D eigenvalue weighted by Crippen LogP contribution is -2.33. The predicted molar refractivity (Wildman–Crippen MR) is 108 cm³/mol. The molecule has 0 heterocycles. The molecule has 0 aromatic heterocycles. The lowest BCUT2D eigenvalue weighted by atomic mass is 10.1. The van der Waals surface area contributed by atoms with Gasteiger partial charge in [-0.05, 0) is 49.8 Å². The molecule has 1 atom stereocenters. The molecule has 0 saturated heterocycles. The van der Waals surface area contributed by atoms with Crippen molar-refractivity contribution in [2.24, 2.45) is 0 Å². The van der Waals surface area contributed by atoms with Crippen LogP contribution in [0.15, 0.2) is 42.5 Å². The van der Waals surface area contributed by atoms with Crippen LogP contribution >= 0.6 is 0 Å². The number of hydrogen-bond acceptors (Lipinski definition) is 4. The van der Waals surface area contributed by atoms with E-state index < -0.39 is 4.92 Å². The van der Waals surface area contributed by atoms with Crippen LogP contribution in [0, 0.1) is 17.0 Å². The Kier molecular flexibility index (Phi) is 5.13. The Bertz CT molecular complexity index is 908. The topological polar surface area (TPSA) is 75.5 Å². The molecule has 1 amide bonds. The first-order valence-corrected chi connectivity index (χ1v) is 9.92. The Morgan fingerprint density at radius 2 is 1.96 bits per heavy atom. The van der Waals surface area contributed by atoms with E-state index in [2.05, 4.69) is 34.5 Å². The van der Waals surface area contributed by atoms with Crippen LogP contribution in [-0.4, -0.2) is 28.3 Å². The summed E-state index contributed by atoms with van der Waals surface area (Å²) in [5.74, 6) is -0.0967. The van der Waals surface area contributed by atoms with Gasteiger partial charge < -0.3 is 5.32 Å². The third-order valence-electron chi connectivity index (χ3n) is 5.89. The number of nitrogens with zero attached hydrogens (tertiary/aromatic N) is 2. The summed E-state index contributed by atoms with van der Waals surface area (Å²) in [6.45, 7) is 2.38. The van der Waals surface area contributed by atoms with Crippen LogP contribution in [0.2, 0.25) is 0 Å². The van der Waals surface area contributed by atoms with Crippen LogP contribution in [-0.2, 0) is 11.2 Å². The molecule has 0 radical (unpaired) electrons. The fourth-order valence-corrected chi connectivity index (χ4v) is 4.28. The van der Waals surface area contributed by atoms with Crippen LogP contribution in [0.25, 0.3) is 0 Å². The first kappa shape index (κ1) is 18.6. The van der Waals surface area contributed by atoms with Gasteiger partial charge in [-0.1, -0.05) is 30.3 Å². The maximum Gasteiger partial charge on any atom is 0.274 e. The minimum atomic E-state index is -0.419. The summed E-state index contributed by atoms with van der Waals surface area (Å²) in [5, 5.41) is 14.0. The molecule has 146 valence electrons. The summed E-state index contributed by atoms with van der Waals surface area (Å²) < 4.78 is 0. The van der Waals surface area contributed by atoms with Crippen molar-refractivity contribution in [3.05, 3.63) is 69.3 Å². The van der Waals surface area contributed by atoms with Crippen LogP contribution in [0.1, 0.15) is 48.4 Å². The third kappa shape index (κ3) is 3.78. The molecule has 1 unspecified atom stereocenters. The monoisotopic (exact) mass is 379 g/mol. The van der Waals surface area contributed by atoms with E-state index in [9.17, 15) is 14.9 Å². The van der Waals surface area contributed by atoms with E-state index in [1.165, 1.54) is 30.0 Å². The number of aryl methyl sites for hydroxylation is 1. The van der Waals surface area contributed by atoms with Gasteiger partial charge in [0.2, 0.25) is 5.91 Å². The van der Waals surface area contributed by atoms with Crippen molar-refractivity contribution in [1.29, 1.82) is 0 Å². The zero-order valence-electron chi connectivity index (χ0n) is 16.1. The van der Waals surface area contributed by atoms with E-state index in [0.717, 1.165) is 12.8 Å². The van der Waals surface area contributed by atoms with Gasteiger partial charge in [0.05, 0.1) is 16.2 Å². The number of anilines is 1. The molecule has 28 heavy (non-hydrogen) atoms. The van der Waals surface area contributed by atoms with Gasteiger partial charge >= 0.3 is 0 Å². The Morgan fingerprint density at radius 3 is 2.71 bits per heavy atom. The van der Waals surface area contributed by atoms with Crippen molar-refractivity contribution in [3.63, 3.8) is 0 Å². The Balaban J connectivity index is 1.41. The van der Waals surface area contributed by atoms with Gasteiger partial charge in [0.25, 0.3) is 5.69 Å². The number of carbonyl (C=O) groups excluding carboxylic acids is 1. The van der Waals surface area contributed by atoms with E-state index >= 15 is 0 Å².